The zero-order valence-corrected chi connectivity index (χ0v) is 20.5. The molecule has 0 unspecified atom stereocenters. The fourth-order valence-corrected chi connectivity index (χ4v) is 4.45. The predicted octanol–water partition coefficient (Wildman–Crippen LogP) is 3.35. The highest BCUT2D eigenvalue weighted by atomic mass is 16.5. The number of amides is 2. The number of nitrogens with zero attached hydrogens (tertiary/aromatic N) is 5. The summed E-state index contributed by atoms with van der Waals surface area (Å²) in [4.78, 5) is 31.9. The number of hydrogen-bond donors (Lipinski definition) is 0. The molecule has 2 amide bonds. The maximum atomic E-state index is 13.1. The summed E-state index contributed by atoms with van der Waals surface area (Å²) in [5, 5.41) is 8.82. The summed E-state index contributed by atoms with van der Waals surface area (Å²) < 4.78 is 5.21. The monoisotopic (exact) mass is 485 g/mol. The molecule has 1 aromatic heterocycles. The first kappa shape index (κ1) is 23.8. The number of aromatic nitrogens is 2. The van der Waals surface area contributed by atoms with Gasteiger partial charge in [0.15, 0.2) is 5.82 Å². The summed E-state index contributed by atoms with van der Waals surface area (Å²) >= 11 is 0. The second-order valence-corrected chi connectivity index (χ2v) is 9.37. The van der Waals surface area contributed by atoms with Crippen molar-refractivity contribution in [2.24, 2.45) is 5.92 Å². The van der Waals surface area contributed by atoms with E-state index in [4.69, 9.17) is 4.74 Å². The van der Waals surface area contributed by atoms with E-state index in [0.29, 0.717) is 44.2 Å². The number of rotatable bonds is 8. The number of benzene rings is 2. The normalized spacial score (nSPS) is 15.5. The fraction of sp³-hybridized carbons (Fsp3) is 0.357. The van der Waals surface area contributed by atoms with Crippen molar-refractivity contribution >= 4 is 17.6 Å². The van der Waals surface area contributed by atoms with Crippen LogP contribution in [0.15, 0.2) is 66.7 Å². The molecule has 36 heavy (non-hydrogen) atoms. The first-order valence-corrected chi connectivity index (χ1v) is 12.5. The Balaban J connectivity index is 1.16. The van der Waals surface area contributed by atoms with Crippen LogP contribution in [0.2, 0.25) is 0 Å². The Hall–Kier alpha value is -3.94. The lowest BCUT2D eigenvalue weighted by molar-refractivity contribution is -0.132. The van der Waals surface area contributed by atoms with E-state index >= 15 is 0 Å². The summed E-state index contributed by atoms with van der Waals surface area (Å²) in [6, 6.07) is 20.9. The predicted molar refractivity (Wildman–Crippen MR) is 138 cm³/mol. The number of ether oxygens (including phenoxy) is 1. The molecule has 3 aromatic rings. The van der Waals surface area contributed by atoms with E-state index in [1.165, 1.54) is 0 Å². The average Bonchev–Trinajstić information content (AvgIpc) is 3.77. The molecule has 2 heterocycles. The number of methoxy groups -OCH3 is 1. The first-order valence-electron chi connectivity index (χ1n) is 12.5. The Bertz CT molecular complexity index is 1170. The summed E-state index contributed by atoms with van der Waals surface area (Å²) in [5.74, 6) is 2.05. The van der Waals surface area contributed by atoms with Gasteiger partial charge in [0.2, 0.25) is 5.91 Å². The topological polar surface area (TPSA) is 78.9 Å². The van der Waals surface area contributed by atoms with Gasteiger partial charge in [0.05, 0.1) is 12.8 Å². The third kappa shape index (κ3) is 5.64. The third-order valence-electron chi connectivity index (χ3n) is 6.80. The third-order valence-corrected chi connectivity index (χ3v) is 6.80. The van der Waals surface area contributed by atoms with Gasteiger partial charge in [0.25, 0.3) is 5.91 Å². The van der Waals surface area contributed by atoms with Crippen molar-refractivity contribution in [2.75, 3.05) is 51.3 Å². The zero-order valence-electron chi connectivity index (χ0n) is 20.5. The molecular formula is C28H31N5O3. The van der Waals surface area contributed by atoms with Crippen LogP contribution in [0.25, 0.3) is 11.3 Å². The van der Waals surface area contributed by atoms with Gasteiger partial charge in [-0.3, -0.25) is 9.59 Å². The highest BCUT2D eigenvalue weighted by Crippen LogP contribution is 2.30. The molecule has 0 spiro atoms. The molecule has 1 saturated carbocycles. The van der Waals surface area contributed by atoms with E-state index in [1.54, 1.807) is 12.0 Å². The van der Waals surface area contributed by atoms with Gasteiger partial charge in [-0.05, 0) is 67.3 Å². The summed E-state index contributed by atoms with van der Waals surface area (Å²) in [6.45, 7) is 3.32. The molecule has 1 aliphatic heterocycles. The quantitative estimate of drug-likeness (QED) is 0.487. The molecule has 8 heteroatoms. The molecule has 0 atom stereocenters. The van der Waals surface area contributed by atoms with E-state index in [1.807, 2.05) is 71.6 Å². The Morgan fingerprint density at radius 3 is 2.25 bits per heavy atom. The standard InChI is InChI=1S/C28H31N5O3/c1-36-24-11-9-22(10-12-24)25-13-14-26(30-29-25)31-15-17-32(18-16-31)27(34)20-33(19-21-7-8-21)28(35)23-5-3-2-4-6-23/h2-6,9-14,21H,7-8,15-20H2,1H3. The molecular weight excluding hydrogens is 454 g/mol. The van der Waals surface area contributed by atoms with Crippen molar-refractivity contribution in [1.29, 1.82) is 0 Å². The average molecular weight is 486 g/mol. The lowest BCUT2D eigenvalue weighted by Gasteiger charge is -2.36. The molecule has 0 N–H and O–H groups in total. The lowest BCUT2D eigenvalue weighted by Crippen LogP contribution is -2.52. The van der Waals surface area contributed by atoms with Crippen LogP contribution in [0.1, 0.15) is 23.2 Å². The molecule has 2 fully saturated rings. The maximum Gasteiger partial charge on any atom is 0.254 e. The van der Waals surface area contributed by atoms with Crippen LogP contribution in [0, 0.1) is 5.92 Å². The van der Waals surface area contributed by atoms with Crippen molar-refractivity contribution in [3.05, 3.63) is 72.3 Å². The van der Waals surface area contributed by atoms with Crippen LogP contribution >= 0.6 is 0 Å². The maximum absolute atomic E-state index is 13.1. The van der Waals surface area contributed by atoms with Crippen LogP contribution < -0.4 is 9.64 Å². The molecule has 186 valence electrons. The Morgan fingerprint density at radius 1 is 0.917 bits per heavy atom. The molecule has 2 aromatic carbocycles. The number of piperazine rings is 1. The molecule has 2 aliphatic rings. The van der Waals surface area contributed by atoms with Crippen LogP contribution in [0.3, 0.4) is 0 Å². The number of anilines is 1. The fourth-order valence-electron chi connectivity index (χ4n) is 4.45. The molecule has 5 rings (SSSR count). The van der Waals surface area contributed by atoms with Crippen LogP contribution in [-0.2, 0) is 4.79 Å². The summed E-state index contributed by atoms with van der Waals surface area (Å²) in [6.07, 6.45) is 2.26. The van der Waals surface area contributed by atoms with Crippen LogP contribution in [0.5, 0.6) is 5.75 Å². The van der Waals surface area contributed by atoms with Crippen LogP contribution in [-0.4, -0.2) is 78.2 Å². The second-order valence-electron chi connectivity index (χ2n) is 9.37. The van der Waals surface area contributed by atoms with E-state index in [2.05, 4.69) is 15.1 Å². The van der Waals surface area contributed by atoms with E-state index in [9.17, 15) is 9.59 Å². The van der Waals surface area contributed by atoms with E-state index in [0.717, 1.165) is 35.7 Å². The number of hydrogen-bond acceptors (Lipinski definition) is 6. The molecule has 0 bridgehead atoms. The highest BCUT2D eigenvalue weighted by molar-refractivity contribution is 5.96. The molecule has 8 nitrogen and oxygen atoms in total. The minimum atomic E-state index is -0.0679. The van der Waals surface area contributed by atoms with Gasteiger partial charge in [0.1, 0.15) is 12.3 Å². The summed E-state index contributed by atoms with van der Waals surface area (Å²) in [5.41, 5.74) is 2.41. The Labute approximate surface area is 211 Å². The van der Waals surface area contributed by atoms with Gasteiger partial charge in [-0.1, -0.05) is 18.2 Å². The smallest absolute Gasteiger partial charge is 0.254 e. The molecule has 0 radical (unpaired) electrons. The van der Waals surface area contributed by atoms with E-state index in [-0.39, 0.29) is 18.4 Å². The van der Waals surface area contributed by atoms with Gasteiger partial charge in [-0.2, -0.15) is 0 Å². The lowest BCUT2D eigenvalue weighted by atomic mass is 10.1. The van der Waals surface area contributed by atoms with Crippen molar-refractivity contribution < 1.29 is 14.3 Å². The second kappa shape index (κ2) is 10.8. The summed E-state index contributed by atoms with van der Waals surface area (Å²) in [7, 11) is 1.64. The van der Waals surface area contributed by atoms with Gasteiger partial charge in [0, 0.05) is 43.9 Å². The molecule has 1 aliphatic carbocycles. The minimum absolute atomic E-state index is 0.000481. The zero-order chi connectivity index (χ0) is 24.9. The van der Waals surface area contributed by atoms with Crippen molar-refractivity contribution in [2.45, 2.75) is 12.8 Å². The van der Waals surface area contributed by atoms with Gasteiger partial charge < -0.3 is 19.4 Å². The Morgan fingerprint density at radius 2 is 1.64 bits per heavy atom. The Kier molecular flexibility index (Phi) is 7.11. The van der Waals surface area contributed by atoms with Crippen molar-refractivity contribution in [3.63, 3.8) is 0 Å². The largest absolute Gasteiger partial charge is 0.497 e. The van der Waals surface area contributed by atoms with Gasteiger partial charge >= 0.3 is 0 Å². The van der Waals surface area contributed by atoms with Gasteiger partial charge in [-0.25, -0.2) is 0 Å². The number of carbonyl (C=O) groups is 2. The number of carbonyl (C=O) groups excluding carboxylic acids is 2. The SMILES string of the molecule is COc1ccc(-c2ccc(N3CCN(C(=O)CN(CC4CC4)C(=O)c4ccccc4)CC3)nn2)cc1. The first-order chi connectivity index (χ1) is 17.6. The minimum Gasteiger partial charge on any atom is -0.497 e. The van der Waals surface area contributed by atoms with Crippen LogP contribution in [0.4, 0.5) is 5.82 Å². The highest BCUT2D eigenvalue weighted by Gasteiger charge is 2.30. The van der Waals surface area contributed by atoms with E-state index < -0.39 is 0 Å². The van der Waals surface area contributed by atoms with Crippen molar-refractivity contribution in [3.8, 4) is 17.0 Å². The molecule has 1 saturated heterocycles. The van der Waals surface area contributed by atoms with Crippen molar-refractivity contribution in [1.82, 2.24) is 20.0 Å². The van der Waals surface area contributed by atoms with Gasteiger partial charge in [-0.15, -0.1) is 10.2 Å².